The molecule has 1 aliphatic carbocycles. The second-order valence-corrected chi connectivity index (χ2v) is 8.16. The Morgan fingerprint density at radius 3 is 3.11 bits per heavy atom. The van der Waals surface area contributed by atoms with Gasteiger partial charge in [0, 0.05) is 4.88 Å². The second kappa shape index (κ2) is 5.38. The Hall–Kier alpha value is -0.650. The van der Waals surface area contributed by atoms with Crippen LogP contribution in [0.3, 0.4) is 0 Å². The molecule has 100 valence electrons. The SMILES string of the molecule is Cc1cc(C(=O)NC2CCCc3sccc32)sc1Br. The first kappa shape index (κ1) is 13.3. The molecule has 2 aromatic heterocycles. The number of nitrogens with one attached hydrogen (secondary N) is 1. The molecule has 5 heteroatoms. The maximum Gasteiger partial charge on any atom is 0.261 e. The predicted molar refractivity (Wildman–Crippen MR) is 84.2 cm³/mol. The molecule has 0 saturated heterocycles. The highest BCUT2D eigenvalue weighted by Gasteiger charge is 2.23. The van der Waals surface area contributed by atoms with Gasteiger partial charge < -0.3 is 5.32 Å². The average molecular weight is 356 g/mol. The smallest absolute Gasteiger partial charge is 0.261 e. The lowest BCUT2D eigenvalue weighted by Crippen LogP contribution is -2.29. The van der Waals surface area contributed by atoms with Gasteiger partial charge in [0.25, 0.3) is 5.91 Å². The van der Waals surface area contributed by atoms with Crippen LogP contribution in [-0.2, 0) is 6.42 Å². The number of fused-ring (bicyclic) bond motifs is 1. The lowest BCUT2D eigenvalue weighted by Gasteiger charge is -2.23. The summed E-state index contributed by atoms with van der Waals surface area (Å²) in [5.74, 6) is 0.0443. The second-order valence-electron chi connectivity index (χ2n) is 4.78. The maximum absolute atomic E-state index is 12.3. The van der Waals surface area contributed by atoms with Crippen LogP contribution < -0.4 is 5.32 Å². The van der Waals surface area contributed by atoms with E-state index in [4.69, 9.17) is 0 Å². The van der Waals surface area contributed by atoms with E-state index in [1.165, 1.54) is 21.8 Å². The number of halogens is 1. The summed E-state index contributed by atoms with van der Waals surface area (Å²) in [6.07, 6.45) is 3.36. The van der Waals surface area contributed by atoms with Crippen molar-refractivity contribution in [2.24, 2.45) is 0 Å². The maximum atomic E-state index is 12.3. The van der Waals surface area contributed by atoms with Gasteiger partial charge in [0.15, 0.2) is 0 Å². The molecule has 1 atom stereocenters. The van der Waals surface area contributed by atoms with Gasteiger partial charge in [0.05, 0.1) is 14.7 Å². The first-order valence-corrected chi connectivity index (χ1v) is 8.77. The number of rotatable bonds is 2. The molecule has 19 heavy (non-hydrogen) atoms. The molecule has 1 N–H and O–H groups in total. The summed E-state index contributed by atoms with van der Waals surface area (Å²) in [6, 6.07) is 4.28. The predicted octanol–water partition coefficient (Wildman–Crippen LogP) is 4.69. The van der Waals surface area contributed by atoms with Crippen LogP contribution in [0.1, 0.15) is 44.6 Å². The van der Waals surface area contributed by atoms with Crippen molar-refractivity contribution in [1.82, 2.24) is 5.32 Å². The number of hydrogen-bond donors (Lipinski definition) is 1. The van der Waals surface area contributed by atoms with Crippen LogP contribution in [0.15, 0.2) is 21.3 Å². The molecule has 1 amide bonds. The molecule has 1 aliphatic rings. The van der Waals surface area contributed by atoms with Crippen LogP contribution >= 0.6 is 38.6 Å². The molecular formula is C14H14BrNOS2. The Balaban J connectivity index is 1.78. The van der Waals surface area contributed by atoms with Crippen molar-refractivity contribution in [3.05, 3.63) is 42.2 Å². The molecule has 2 nitrogen and oxygen atoms in total. The third-order valence-corrected chi connectivity index (χ3v) is 6.57. The van der Waals surface area contributed by atoms with Crippen molar-refractivity contribution in [2.45, 2.75) is 32.2 Å². The summed E-state index contributed by atoms with van der Waals surface area (Å²) in [5.41, 5.74) is 2.44. The van der Waals surface area contributed by atoms with Gasteiger partial charge in [-0.25, -0.2) is 0 Å². The Bertz CT molecular complexity index is 597. The van der Waals surface area contributed by atoms with Crippen molar-refractivity contribution in [3.8, 4) is 0 Å². The number of hydrogen-bond acceptors (Lipinski definition) is 3. The number of carbonyl (C=O) groups is 1. The minimum Gasteiger partial charge on any atom is -0.344 e. The van der Waals surface area contributed by atoms with Crippen molar-refractivity contribution >= 4 is 44.5 Å². The number of amides is 1. The van der Waals surface area contributed by atoms with Crippen molar-refractivity contribution in [3.63, 3.8) is 0 Å². The average Bonchev–Trinajstić information content (AvgIpc) is 2.98. The van der Waals surface area contributed by atoms with Gasteiger partial charge in [-0.05, 0) is 70.8 Å². The Kier molecular flexibility index (Phi) is 3.78. The Morgan fingerprint density at radius 2 is 2.37 bits per heavy atom. The van der Waals surface area contributed by atoms with Crippen LogP contribution in [-0.4, -0.2) is 5.91 Å². The van der Waals surface area contributed by atoms with Gasteiger partial charge in [-0.3, -0.25) is 4.79 Å². The highest BCUT2D eigenvalue weighted by molar-refractivity contribution is 9.11. The Morgan fingerprint density at radius 1 is 1.53 bits per heavy atom. The third-order valence-electron chi connectivity index (χ3n) is 3.44. The molecule has 0 fully saturated rings. The van der Waals surface area contributed by atoms with E-state index >= 15 is 0 Å². The third kappa shape index (κ3) is 2.64. The normalized spacial score (nSPS) is 18.1. The summed E-state index contributed by atoms with van der Waals surface area (Å²) in [5, 5.41) is 5.30. The summed E-state index contributed by atoms with van der Waals surface area (Å²) < 4.78 is 1.04. The fourth-order valence-electron chi connectivity index (χ4n) is 2.44. The van der Waals surface area contributed by atoms with Crippen LogP contribution in [0.4, 0.5) is 0 Å². The van der Waals surface area contributed by atoms with E-state index in [-0.39, 0.29) is 11.9 Å². The van der Waals surface area contributed by atoms with Gasteiger partial charge in [0.2, 0.25) is 0 Å². The minimum atomic E-state index is 0.0443. The van der Waals surface area contributed by atoms with Crippen molar-refractivity contribution < 1.29 is 4.79 Å². The molecule has 0 radical (unpaired) electrons. The highest BCUT2D eigenvalue weighted by atomic mass is 79.9. The van der Waals surface area contributed by atoms with E-state index in [0.29, 0.717) is 0 Å². The zero-order chi connectivity index (χ0) is 13.4. The van der Waals surface area contributed by atoms with E-state index in [9.17, 15) is 4.79 Å². The summed E-state index contributed by atoms with van der Waals surface area (Å²) in [4.78, 5) is 14.5. The van der Waals surface area contributed by atoms with E-state index in [1.54, 1.807) is 11.3 Å². The molecule has 1 unspecified atom stereocenters. The van der Waals surface area contributed by atoms with E-state index < -0.39 is 0 Å². The molecule has 2 aromatic rings. The quantitative estimate of drug-likeness (QED) is 0.831. The van der Waals surface area contributed by atoms with E-state index in [0.717, 1.165) is 33.5 Å². The van der Waals surface area contributed by atoms with Gasteiger partial charge in [0.1, 0.15) is 0 Å². The first-order valence-electron chi connectivity index (χ1n) is 6.28. The fourth-order valence-corrected chi connectivity index (χ4v) is 4.86. The van der Waals surface area contributed by atoms with Crippen molar-refractivity contribution in [2.75, 3.05) is 0 Å². The van der Waals surface area contributed by atoms with Gasteiger partial charge in [-0.1, -0.05) is 0 Å². The monoisotopic (exact) mass is 355 g/mol. The summed E-state index contributed by atoms with van der Waals surface area (Å²) in [6.45, 7) is 2.01. The lowest BCUT2D eigenvalue weighted by molar-refractivity contribution is 0.0937. The number of carbonyl (C=O) groups excluding carboxylic acids is 1. The largest absolute Gasteiger partial charge is 0.344 e. The summed E-state index contributed by atoms with van der Waals surface area (Å²) >= 11 is 6.77. The van der Waals surface area contributed by atoms with Crippen LogP contribution in [0.25, 0.3) is 0 Å². The van der Waals surface area contributed by atoms with Crippen LogP contribution in [0, 0.1) is 6.92 Å². The standard InChI is InChI=1S/C14H14BrNOS2/c1-8-7-12(19-13(8)15)14(17)16-10-3-2-4-11-9(10)5-6-18-11/h5-7,10H,2-4H2,1H3,(H,16,17). The van der Waals surface area contributed by atoms with Gasteiger partial charge >= 0.3 is 0 Å². The lowest BCUT2D eigenvalue weighted by atomic mass is 9.94. The molecule has 0 aliphatic heterocycles. The van der Waals surface area contributed by atoms with Gasteiger partial charge in [-0.2, -0.15) is 0 Å². The highest BCUT2D eigenvalue weighted by Crippen LogP contribution is 2.34. The van der Waals surface area contributed by atoms with E-state index in [1.807, 2.05) is 13.0 Å². The number of thiophene rings is 2. The molecular weight excluding hydrogens is 342 g/mol. The van der Waals surface area contributed by atoms with E-state index in [2.05, 4.69) is 32.7 Å². The first-order chi connectivity index (χ1) is 9.15. The molecule has 3 rings (SSSR count). The minimum absolute atomic E-state index is 0.0443. The number of aryl methyl sites for hydroxylation is 2. The Labute approximate surface area is 129 Å². The molecule has 2 heterocycles. The zero-order valence-corrected chi connectivity index (χ0v) is 13.8. The molecule has 0 saturated carbocycles. The summed E-state index contributed by atoms with van der Waals surface area (Å²) in [7, 11) is 0. The zero-order valence-electron chi connectivity index (χ0n) is 10.5. The molecule has 0 spiro atoms. The van der Waals surface area contributed by atoms with Crippen LogP contribution in [0.2, 0.25) is 0 Å². The molecule has 0 aromatic carbocycles. The van der Waals surface area contributed by atoms with Gasteiger partial charge in [-0.15, -0.1) is 22.7 Å². The topological polar surface area (TPSA) is 29.1 Å². The molecule has 0 bridgehead atoms. The fraction of sp³-hybridized carbons (Fsp3) is 0.357. The van der Waals surface area contributed by atoms with Crippen molar-refractivity contribution in [1.29, 1.82) is 0 Å². The van der Waals surface area contributed by atoms with Crippen LogP contribution in [0.5, 0.6) is 0 Å².